The average molecular weight is 286 g/mol. The number of benzene rings is 2. The Morgan fingerprint density at radius 3 is 2.55 bits per heavy atom. The van der Waals surface area contributed by atoms with Gasteiger partial charge in [-0.15, -0.1) is 0 Å². The maximum atomic E-state index is 6.28. The third kappa shape index (κ3) is 2.89. The van der Waals surface area contributed by atoms with Gasteiger partial charge in [-0.3, -0.25) is 0 Å². The van der Waals surface area contributed by atoms with Crippen molar-refractivity contribution in [3.8, 4) is 0 Å². The smallest absolute Gasteiger partial charge is 0.0453 e. The summed E-state index contributed by atoms with van der Waals surface area (Å²) >= 11 is 6.28. The number of rotatable bonds is 3. The summed E-state index contributed by atoms with van der Waals surface area (Å²) in [4.78, 5) is 0. The molecule has 0 radical (unpaired) electrons. The zero-order chi connectivity index (χ0) is 13.9. The number of fused-ring (bicyclic) bond motifs is 1. The Balaban J connectivity index is 1.69. The summed E-state index contributed by atoms with van der Waals surface area (Å²) in [5, 5.41) is 4.58. The Morgan fingerprint density at radius 2 is 1.75 bits per heavy atom. The molecule has 104 valence electrons. The third-order valence-corrected chi connectivity index (χ3v) is 4.55. The minimum Gasteiger partial charge on any atom is -0.307 e. The molecule has 2 atom stereocenters. The van der Waals surface area contributed by atoms with Crippen LogP contribution >= 0.6 is 11.6 Å². The van der Waals surface area contributed by atoms with Crippen LogP contribution in [0.15, 0.2) is 48.5 Å². The van der Waals surface area contributed by atoms with E-state index in [1.54, 1.807) is 0 Å². The molecule has 3 rings (SSSR count). The Hall–Kier alpha value is -1.31. The van der Waals surface area contributed by atoms with Gasteiger partial charge in [0.2, 0.25) is 0 Å². The van der Waals surface area contributed by atoms with E-state index in [0.717, 1.165) is 11.4 Å². The molecule has 0 heterocycles. The van der Waals surface area contributed by atoms with Crippen molar-refractivity contribution in [2.24, 2.45) is 0 Å². The Labute approximate surface area is 126 Å². The van der Waals surface area contributed by atoms with E-state index in [1.165, 1.54) is 29.5 Å². The fourth-order valence-electron chi connectivity index (χ4n) is 3.11. The third-order valence-electron chi connectivity index (χ3n) is 4.20. The summed E-state index contributed by atoms with van der Waals surface area (Å²) < 4.78 is 0. The molecule has 0 saturated carbocycles. The summed E-state index contributed by atoms with van der Waals surface area (Å²) in [7, 11) is 0. The van der Waals surface area contributed by atoms with E-state index in [4.69, 9.17) is 11.6 Å². The maximum absolute atomic E-state index is 6.28. The lowest BCUT2D eigenvalue weighted by Crippen LogP contribution is -2.36. The number of hydrogen-bond acceptors (Lipinski definition) is 1. The van der Waals surface area contributed by atoms with Crippen molar-refractivity contribution in [2.45, 2.75) is 38.3 Å². The summed E-state index contributed by atoms with van der Waals surface area (Å²) in [5.41, 5.74) is 4.19. The molecule has 1 aliphatic rings. The standard InChI is InChI=1S/C18H20ClN/c1-13(17-8-4-5-9-18(17)19)20-16-11-10-14-6-2-3-7-15(14)12-16/h2-9,13,16,20H,10-12H2,1H3. The molecule has 2 heteroatoms. The predicted molar refractivity (Wildman–Crippen MR) is 85.3 cm³/mol. The minimum absolute atomic E-state index is 0.291. The van der Waals surface area contributed by atoms with E-state index in [9.17, 15) is 0 Å². The van der Waals surface area contributed by atoms with Crippen LogP contribution in [-0.2, 0) is 12.8 Å². The van der Waals surface area contributed by atoms with Crippen LogP contribution in [0.4, 0.5) is 0 Å². The molecule has 1 aliphatic carbocycles. The van der Waals surface area contributed by atoms with Crippen molar-refractivity contribution in [3.63, 3.8) is 0 Å². The molecule has 2 unspecified atom stereocenters. The summed E-state index contributed by atoms with van der Waals surface area (Å²) in [6, 6.07) is 17.7. The highest BCUT2D eigenvalue weighted by Gasteiger charge is 2.20. The van der Waals surface area contributed by atoms with Crippen LogP contribution in [-0.4, -0.2) is 6.04 Å². The van der Waals surface area contributed by atoms with Crippen LogP contribution in [0, 0.1) is 0 Å². The number of aryl methyl sites for hydroxylation is 1. The minimum atomic E-state index is 0.291. The molecule has 20 heavy (non-hydrogen) atoms. The first-order valence-electron chi connectivity index (χ1n) is 7.31. The van der Waals surface area contributed by atoms with Gasteiger partial charge in [0.25, 0.3) is 0 Å². The van der Waals surface area contributed by atoms with Crippen molar-refractivity contribution >= 4 is 11.6 Å². The van der Waals surface area contributed by atoms with Crippen LogP contribution in [0.25, 0.3) is 0 Å². The number of hydrogen-bond donors (Lipinski definition) is 1. The lowest BCUT2D eigenvalue weighted by molar-refractivity contribution is 0.414. The fraction of sp³-hybridized carbons (Fsp3) is 0.333. The van der Waals surface area contributed by atoms with Gasteiger partial charge in [0.15, 0.2) is 0 Å². The van der Waals surface area contributed by atoms with Gasteiger partial charge in [-0.2, -0.15) is 0 Å². The van der Waals surface area contributed by atoms with Gasteiger partial charge in [-0.05, 0) is 48.9 Å². The van der Waals surface area contributed by atoms with Gasteiger partial charge >= 0.3 is 0 Å². The molecule has 2 aromatic rings. The van der Waals surface area contributed by atoms with Gasteiger partial charge < -0.3 is 5.32 Å². The van der Waals surface area contributed by atoms with E-state index < -0.39 is 0 Å². The van der Waals surface area contributed by atoms with E-state index in [2.05, 4.69) is 48.6 Å². The second kappa shape index (κ2) is 5.99. The molecule has 0 saturated heterocycles. The van der Waals surface area contributed by atoms with Crippen LogP contribution in [0.1, 0.15) is 36.1 Å². The van der Waals surface area contributed by atoms with Crippen LogP contribution in [0.5, 0.6) is 0 Å². The van der Waals surface area contributed by atoms with Gasteiger partial charge in [0, 0.05) is 17.1 Å². The van der Waals surface area contributed by atoms with Crippen molar-refractivity contribution in [2.75, 3.05) is 0 Å². The summed E-state index contributed by atoms with van der Waals surface area (Å²) in [6.07, 6.45) is 3.49. The van der Waals surface area contributed by atoms with Crippen LogP contribution in [0.2, 0.25) is 5.02 Å². The van der Waals surface area contributed by atoms with Crippen LogP contribution in [0.3, 0.4) is 0 Å². The molecule has 0 amide bonds. The Kier molecular flexibility index (Phi) is 4.09. The van der Waals surface area contributed by atoms with Crippen molar-refractivity contribution < 1.29 is 0 Å². The van der Waals surface area contributed by atoms with Crippen molar-refractivity contribution in [1.82, 2.24) is 5.32 Å². The lowest BCUT2D eigenvalue weighted by atomic mass is 9.88. The average Bonchev–Trinajstić information content (AvgIpc) is 2.47. The molecule has 0 aliphatic heterocycles. The highest BCUT2D eigenvalue weighted by molar-refractivity contribution is 6.31. The van der Waals surface area contributed by atoms with Gasteiger partial charge in [-0.1, -0.05) is 54.1 Å². The molecule has 2 aromatic carbocycles. The molecule has 0 aromatic heterocycles. The SMILES string of the molecule is CC(NC1CCc2ccccc2C1)c1ccccc1Cl. The van der Waals surface area contributed by atoms with Gasteiger partial charge in [0.1, 0.15) is 0 Å². The molecule has 0 bridgehead atoms. The summed E-state index contributed by atoms with van der Waals surface area (Å²) in [6.45, 7) is 2.20. The predicted octanol–water partition coefficient (Wildman–Crippen LogP) is 4.55. The van der Waals surface area contributed by atoms with E-state index >= 15 is 0 Å². The monoisotopic (exact) mass is 285 g/mol. The first-order chi connectivity index (χ1) is 9.74. The van der Waals surface area contributed by atoms with Crippen molar-refractivity contribution in [1.29, 1.82) is 0 Å². The first kappa shape index (κ1) is 13.7. The normalized spacial score (nSPS) is 19.4. The second-order valence-corrected chi connectivity index (χ2v) is 6.03. The van der Waals surface area contributed by atoms with Crippen molar-refractivity contribution in [3.05, 3.63) is 70.2 Å². The highest BCUT2D eigenvalue weighted by atomic mass is 35.5. The molecular formula is C18H20ClN. The van der Waals surface area contributed by atoms with E-state index in [0.29, 0.717) is 12.1 Å². The summed E-state index contributed by atoms with van der Waals surface area (Å²) in [5.74, 6) is 0. The second-order valence-electron chi connectivity index (χ2n) is 5.62. The zero-order valence-corrected chi connectivity index (χ0v) is 12.5. The topological polar surface area (TPSA) is 12.0 Å². The maximum Gasteiger partial charge on any atom is 0.0453 e. The molecule has 0 fully saturated rings. The van der Waals surface area contributed by atoms with Gasteiger partial charge in [0.05, 0.1) is 0 Å². The van der Waals surface area contributed by atoms with E-state index in [1.807, 2.05) is 12.1 Å². The Morgan fingerprint density at radius 1 is 1.05 bits per heavy atom. The largest absolute Gasteiger partial charge is 0.307 e. The lowest BCUT2D eigenvalue weighted by Gasteiger charge is -2.29. The highest BCUT2D eigenvalue weighted by Crippen LogP contribution is 2.26. The molecule has 1 N–H and O–H groups in total. The zero-order valence-electron chi connectivity index (χ0n) is 11.8. The van der Waals surface area contributed by atoms with Crippen LogP contribution < -0.4 is 5.32 Å². The quantitative estimate of drug-likeness (QED) is 0.872. The van der Waals surface area contributed by atoms with Gasteiger partial charge in [-0.25, -0.2) is 0 Å². The fourth-order valence-corrected chi connectivity index (χ4v) is 3.41. The number of halogens is 1. The van der Waals surface area contributed by atoms with E-state index in [-0.39, 0.29) is 0 Å². The Bertz CT molecular complexity index is 593. The molecule has 1 nitrogen and oxygen atoms in total. The molecule has 0 spiro atoms. The molecular weight excluding hydrogens is 266 g/mol. The first-order valence-corrected chi connectivity index (χ1v) is 7.69. The number of nitrogens with one attached hydrogen (secondary N) is 1.